The predicted molar refractivity (Wildman–Crippen MR) is 58.3 cm³/mol. The molecule has 0 unspecified atom stereocenters. The largest absolute Gasteiger partial charge is 0.495 e. The maximum absolute atomic E-state index is 11.4. The van der Waals surface area contributed by atoms with Gasteiger partial charge < -0.3 is 9.47 Å². The van der Waals surface area contributed by atoms with Gasteiger partial charge in [0, 0.05) is 6.42 Å². The molecule has 0 fully saturated rings. The molecule has 1 rings (SSSR count). The Morgan fingerprint density at radius 1 is 1.53 bits per heavy atom. The Bertz CT molecular complexity index is 287. The van der Waals surface area contributed by atoms with Gasteiger partial charge in [0.05, 0.1) is 24.0 Å². The normalized spacial score (nSPS) is 15.7. The van der Waals surface area contributed by atoms with E-state index in [4.69, 9.17) is 9.47 Å². The molecule has 3 nitrogen and oxygen atoms in total. The molecule has 0 heterocycles. The fourth-order valence-corrected chi connectivity index (χ4v) is 1.43. The molecule has 0 bridgehead atoms. The van der Waals surface area contributed by atoms with Crippen molar-refractivity contribution in [2.24, 2.45) is 0 Å². The van der Waals surface area contributed by atoms with Crippen LogP contribution in [0.3, 0.4) is 0 Å². The third-order valence-electron chi connectivity index (χ3n) is 1.97. The van der Waals surface area contributed by atoms with Crippen LogP contribution in [0.1, 0.15) is 33.6 Å². The van der Waals surface area contributed by atoms with E-state index in [9.17, 15) is 4.79 Å². The summed E-state index contributed by atoms with van der Waals surface area (Å²) in [5.74, 6) is 0.609. The first kappa shape index (κ1) is 11.8. The molecule has 0 saturated carbocycles. The summed E-state index contributed by atoms with van der Waals surface area (Å²) < 4.78 is 10.5. The van der Waals surface area contributed by atoms with Crippen molar-refractivity contribution < 1.29 is 14.3 Å². The molecular formula is C12H18O3. The molecule has 0 aromatic rings. The van der Waals surface area contributed by atoms with Crippen molar-refractivity contribution in [2.45, 2.75) is 39.7 Å². The third-order valence-corrected chi connectivity index (χ3v) is 1.97. The maximum Gasteiger partial charge on any atom is 0.337 e. The van der Waals surface area contributed by atoms with Crippen molar-refractivity contribution in [3.63, 3.8) is 0 Å². The molecule has 0 spiro atoms. The molecule has 0 aromatic heterocycles. The Labute approximate surface area is 90.8 Å². The van der Waals surface area contributed by atoms with E-state index in [1.54, 1.807) is 13.0 Å². The van der Waals surface area contributed by atoms with Crippen molar-refractivity contribution >= 4 is 5.97 Å². The summed E-state index contributed by atoms with van der Waals surface area (Å²) in [6, 6.07) is 0. The fraction of sp³-hybridized carbons (Fsp3) is 0.583. The minimum atomic E-state index is -0.262. The van der Waals surface area contributed by atoms with Gasteiger partial charge in [-0.1, -0.05) is 6.08 Å². The van der Waals surface area contributed by atoms with Gasteiger partial charge in [-0.05, 0) is 33.3 Å². The van der Waals surface area contributed by atoms with Gasteiger partial charge in [0.15, 0.2) is 0 Å². The molecule has 1 aliphatic carbocycles. The van der Waals surface area contributed by atoms with E-state index >= 15 is 0 Å². The average molecular weight is 210 g/mol. The van der Waals surface area contributed by atoms with Crippen LogP contribution in [-0.4, -0.2) is 18.7 Å². The number of carbonyl (C=O) groups is 1. The van der Waals surface area contributed by atoms with E-state index in [1.807, 2.05) is 19.9 Å². The summed E-state index contributed by atoms with van der Waals surface area (Å²) >= 11 is 0. The zero-order chi connectivity index (χ0) is 11.3. The highest BCUT2D eigenvalue weighted by atomic mass is 16.5. The number of ether oxygens (including phenoxy) is 2. The van der Waals surface area contributed by atoms with Gasteiger partial charge >= 0.3 is 5.97 Å². The molecule has 0 aromatic carbocycles. The fourth-order valence-electron chi connectivity index (χ4n) is 1.43. The minimum Gasteiger partial charge on any atom is -0.495 e. The molecule has 0 radical (unpaired) electrons. The first-order valence-electron chi connectivity index (χ1n) is 5.38. The van der Waals surface area contributed by atoms with Crippen LogP contribution in [0.2, 0.25) is 0 Å². The van der Waals surface area contributed by atoms with Gasteiger partial charge in [0.1, 0.15) is 0 Å². The smallest absolute Gasteiger partial charge is 0.337 e. The van der Waals surface area contributed by atoms with Gasteiger partial charge in [-0.15, -0.1) is 0 Å². The highest BCUT2D eigenvalue weighted by molar-refractivity contribution is 5.91. The minimum absolute atomic E-state index is 0.151. The van der Waals surface area contributed by atoms with E-state index in [2.05, 4.69) is 0 Å². The Balaban J connectivity index is 2.63. The van der Waals surface area contributed by atoms with Crippen molar-refractivity contribution in [3.8, 4) is 0 Å². The van der Waals surface area contributed by atoms with E-state index in [-0.39, 0.29) is 12.1 Å². The topological polar surface area (TPSA) is 35.5 Å². The first-order valence-corrected chi connectivity index (χ1v) is 5.38. The SMILES string of the molecule is CCOC(=O)C1=CCCC(OC(C)C)=C1. The number of rotatable bonds is 4. The van der Waals surface area contributed by atoms with Gasteiger partial charge in [-0.2, -0.15) is 0 Å². The third kappa shape index (κ3) is 3.78. The lowest BCUT2D eigenvalue weighted by atomic mass is 10.1. The van der Waals surface area contributed by atoms with Crippen LogP contribution >= 0.6 is 0 Å². The Hall–Kier alpha value is -1.25. The summed E-state index contributed by atoms with van der Waals surface area (Å²) in [6.07, 6.45) is 5.53. The summed E-state index contributed by atoms with van der Waals surface area (Å²) in [5.41, 5.74) is 0.610. The maximum atomic E-state index is 11.4. The van der Waals surface area contributed by atoms with Crippen LogP contribution in [0.25, 0.3) is 0 Å². The van der Waals surface area contributed by atoms with Crippen LogP contribution in [0.5, 0.6) is 0 Å². The molecule has 3 heteroatoms. The number of esters is 1. The van der Waals surface area contributed by atoms with E-state index in [0.29, 0.717) is 12.2 Å². The standard InChI is InChI=1S/C12H18O3/c1-4-14-12(13)10-6-5-7-11(8-10)15-9(2)3/h6,8-9H,4-5,7H2,1-3H3. The summed E-state index contributed by atoms with van der Waals surface area (Å²) in [6.45, 7) is 6.16. The predicted octanol–water partition coefficient (Wildman–Crippen LogP) is 2.58. The monoisotopic (exact) mass is 210 g/mol. The highest BCUT2D eigenvalue weighted by Gasteiger charge is 2.14. The van der Waals surface area contributed by atoms with Gasteiger partial charge in [0.25, 0.3) is 0 Å². The van der Waals surface area contributed by atoms with Gasteiger partial charge in [0.2, 0.25) is 0 Å². The Kier molecular flexibility index (Phi) is 4.40. The van der Waals surface area contributed by atoms with Crippen LogP contribution in [0.15, 0.2) is 23.5 Å². The van der Waals surface area contributed by atoms with E-state index < -0.39 is 0 Å². The summed E-state index contributed by atoms with van der Waals surface area (Å²) in [7, 11) is 0. The molecular weight excluding hydrogens is 192 g/mol. The molecule has 84 valence electrons. The quantitative estimate of drug-likeness (QED) is 0.669. The summed E-state index contributed by atoms with van der Waals surface area (Å²) in [5, 5.41) is 0. The first-order chi connectivity index (χ1) is 7.13. The van der Waals surface area contributed by atoms with Crippen LogP contribution in [-0.2, 0) is 14.3 Å². The lowest BCUT2D eigenvalue weighted by Gasteiger charge is -2.16. The second kappa shape index (κ2) is 5.59. The molecule has 0 atom stereocenters. The zero-order valence-electron chi connectivity index (χ0n) is 9.58. The molecule has 0 aliphatic heterocycles. The molecule has 0 saturated heterocycles. The number of carbonyl (C=O) groups excluding carboxylic acids is 1. The average Bonchev–Trinajstić information content (AvgIpc) is 2.17. The van der Waals surface area contributed by atoms with Crippen LogP contribution in [0.4, 0.5) is 0 Å². The van der Waals surface area contributed by atoms with Crippen molar-refractivity contribution in [2.75, 3.05) is 6.61 Å². The number of hydrogen-bond acceptors (Lipinski definition) is 3. The Morgan fingerprint density at radius 3 is 2.87 bits per heavy atom. The lowest BCUT2D eigenvalue weighted by molar-refractivity contribution is -0.138. The van der Waals surface area contributed by atoms with E-state index in [0.717, 1.165) is 18.6 Å². The van der Waals surface area contributed by atoms with Crippen molar-refractivity contribution in [1.29, 1.82) is 0 Å². The van der Waals surface area contributed by atoms with Gasteiger partial charge in [-0.3, -0.25) is 0 Å². The van der Waals surface area contributed by atoms with Gasteiger partial charge in [-0.25, -0.2) is 4.79 Å². The Morgan fingerprint density at radius 2 is 2.27 bits per heavy atom. The van der Waals surface area contributed by atoms with Crippen LogP contribution < -0.4 is 0 Å². The molecule has 0 N–H and O–H groups in total. The number of hydrogen-bond donors (Lipinski definition) is 0. The number of allylic oxidation sites excluding steroid dienone is 2. The van der Waals surface area contributed by atoms with Crippen molar-refractivity contribution in [1.82, 2.24) is 0 Å². The lowest BCUT2D eigenvalue weighted by Crippen LogP contribution is -2.11. The summed E-state index contributed by atoms with van der Waals surface area (Å²) in [4.78, 5) is 11.4. The highest BCUT2D eigenvalue weighted by Crippen LogP contribution is 2.20. The second-order valence-electron chi connectivity index (χ2n) is 3.70. The zero-order valence-corrected chi connectivity index (χ0v) is 9.58. The molecule has 15 heavy (non-hydrogen) atoms. The van der Waals surface area contributed by atoms with E-state index in [1.165, 1.54) is 0 Å². The van der Waals surface area contributed by atoms with Crippen molar-refractivity contribution in [3.05, 3.63) is 23.5 Å². The van der Waals surface area contributed by atoms with Crippen LogP contribution in [0, 0.1) is 0 Å². The second-order valence-corrected chi connectivity index (χ2v) is 3.70. The molecule has 0 amide bonds. The molecule has 1 aliphatic rings.